The van der Waals surface area contributed by atoms with E-state index in [2.05, 4.69) is 39.6 Å². The minimum Gasteiger partial charge on any atom is -1.00 e. The maximum Gasteiger partial charge on any atom is 2.00 e. The van der Waals surface area contributed by atoms with E-state index in [9.17, 15) is 5.26 Å². The second-order valence-electron chi connectivity index (χ2n) is 6.60. The van der Waals surface area contributed by atoms with E-state index in [0.29, 0.717) is 0 Å². The smallest absolute Gasteiger partial charge is 1.00 e. The van der Waals surface area contributed by atoms with Crippen molar-refractivity contribution in [2.45, 2.75) is 71.2 Å². The van der Waals surface area contributed by atoms with Gasteiger partial charge in [-0.25, -0.2) is 0 Å². The third kappa shape index (κ3) is 7.03. The molecule has 19 heavy (non-hydrogen) atoms. The van der Waals surface area contributed by atoms with E-state index in [1.807, 2.05) is 0 Å². The fraction of sp³-hybridized carbons (Fsp3) is 0.923. The summed E-state index contributed by atoms with van der Waals surface area (Å²) in [6.07, 6.45) is 5.60. The Bertz CT molecular complexity index is 302. The summed E-state index contributed by atoms with van der Waals surface area (Å²) in [4.78, 5) is 0. The molecule has 1 unspecified atom stereocenters. The van der Waals surface area contributed by atoms with Crippen LogP contribution in [0, 0.1) is 16.7 Å². The maximum atomic E-state index is 9.61. The molecular formula is C13H25I2NOSiZn. The van der Waals surface area contributed by atoms with E-state index in [-0.39, 0.29) is 72.8 Å². The van der Waals surface area contributed by atoms with E-state index < -0.39 is 13.9 Å². The van der Waals surface area contributed by atoms with Gasteiger partial charge in [0.25, 0.3) is 0 Å². The van der Waals surface area contributed by atoms with Crippen molar-refractivity contribution in [3.63, 3.8) is 0 Å². The first-order valence-corrected chi connectivity index (χ1v) is 9.75. The number of nitriles is 1. The summed E-state index contributed by atoms with van der Waals surface area (Å²) in [7, 11) is -1.67. The first-order chi connectivity index (χ1) is 7.22. The standard InChI is InChI=1S/C13H25NOSi.2HI.Zn/c1-12(2)9-7-6-8-10-13(12,11-14)15-16(3,4)5;;;/h6-10H2,1-5H3;2*1H;/q;;;+2/p-2. The Hall–Kier alpha value is 1.75. The Morgan fingerprint density at radius 2 is 1.47 bits per heavy atom. The van der Waals surface area contributed by atoms with Crippen LogP contribution in [0.2, 0.25) is 19.6 Å². The van der Waals surface area contributed by atoms with Crippen LogP contribution in [0.3, 0.4) is 0 Å². The van der Waals surface area contributed by atoms with Gasteiger partial charge in [0.1, 0.15) is 5.60 Å². The van der Waals surface area contributed by atoms with Crippen molar-refractivity contribution in [2.75, 3.05) is 0 Å². The molecule has 0 spiro atoms. The first-order valence-electron chi connectivity index (χ1n) is 6.34. The molecular weight excluding hydrogens is 533 g/mol. The summed E-state index contributed by atoms with van der Waals surface area (Å²) < 4.78 is 6.29. The van der Waals surface area contributed by atoms with Crippen LogP contribution < -0.4 is 48.0 Å². The van der Waals surface area contributed by atoms with Crippen LogP contribution >= 0.6 is 0 Å². The molecule has 1 atom stereocenters. The van der Waals surface area contributed by atoms with Gasteiger partial charge in [-0.05, 0) is 38.9 Å². The Balaban J connectivity index is -0.000000853. The van der Waals surface area contributed by atoms with Crippen molar-refractivity contribution < 1.29 is 71.9 Å². The minimum absolute atomic E-state index is 0. The number of hydrogen-bond donors (Lipinski definition) is 0. The summed E-state index contributed by atoms with van der Waals surface area (Å²) >= 11 is 0. The maximum absolute atomic E-state index is 9.61. The van der Waals surface area contributed by atoms with E-state index in [4.69, 9.17) is 4.43 Å². The van der Waals surface area contributed by atoms with E-state index >= 15 is 0 Å². The summed E-state index contributed by atoms with van der Waals surface area (Å²) in [5.41, 5.74) is -0.563. The molecule has 1 rings (SSSR count). The molecule has 0 N–H and O–H groups in total. The van der Waals surface area contributed by atoms with Gasteiger partial charge in [0.15, 0.2) is 8.32 Å². The quantitative estimate of drug-likeness (QED) is 0.226. The largest absolute Gasteiger partial charge is 2.00 e. The zero-order valence-corrected chi connectivity index (χ0v) is 21.1. The average molecular weight is 559 g/mol. The van der Waals surface area contributed by atoms with Gasteiger partial charge in [0.2, 0.25) is 0 Å². The molecule has 1 aliphatic carbocycles. The Kier molecular flexibility index (Phi) is 13.1. The summed E-state index contributed by atoms with van der Waals surface area (Å²) in [5, 5.41) is 9.61. The van der Waals surface area contributed by atoms with Gasteiger partial charge in [-0.15, -0.1) is 0 Å². The fourth-order valence-electron chi connectivity index (χ4n) is 2.60. The predicted octanol–water partition coefficient (Wildman–Crippen LogP) is -1.90. The summed E-state index contributed by atoms with van der Waals surface area (Å²) in [6.45, 7) is 10.9. The SMILES string of the molecule is CC1(C)CCCCCC1(C#N)O[Si](C)(C)C.[I-].[I-].[Zn+2]. The van der Waals surface area contributed by atoms with Gasteiger partial charge in [-0.2, -0.15) is 5.26 Å². The molecule has 0 amide bonds. The molecule has 6 heteroatoms. The second-order valence-corrected chi connectivity index (χ2v) is 11.0. The van der Waals surface area contributed by atoms with Crippen LogP contribution in [-0.2, 0) is 23.9 Å². The molecule has 1 fully saturated rings. The van der Waals surface area contributed by atoms with Gasteiger partial charge in [-0.1, -0.05) is 26.7 Å². The van der Waals surface area contributed by atoms with E-state index in [1.54, 1.807) is 0 Å². The molecule has 0 radical (unpaired) electrons. The molecule has 1 aliphatic rings. The first kappa shape index (κ1) is 25.7. The van der Waals surface area contributed by atoms with Crippen molar-refractivity contribution in [2.24, 2.45) is 5.41 Å². The van der Waals surface area contributed by atoms with Crippen LogP contribution in [0.4, 0.5) is 0 Å². The van der Waals surface area contributed by atoms with Gasteiger partial charge in [-0.3, -0.25) is 0 Å². The second kappa shape index (κ2) is 9.70. The summed E-state index contributed by atoms with van der Waals surface area (Å²) in [5.74, 6) is 0. The van der Waals surface area contributed by atoms with Crippen LogP contribution in [0.5, 0.6) is 0 Å². The van der Waals surface area contributed by atoms with E-state index in [1.165, 1.54) is 12.8 Å². The number of nitrogens with zero attached hydrogens (tertiary/aromatic N) is 1. The third-order valence-corrected chi connectivity index (χ3v) is 4.55. The fourth-order valence-corrected chi connectivity index (χ4v) is 4.07. The molecule has 0 aromatic carbocycles. The van der Waals surface area contributed by atoms with Crippen LogP contribution in [0.1, 0.15) is 46.0 Å². The summed E-state index contributed by atoms with van der Waals surface area (Å²) in [6, 6.07) is 2.52. The number of hydrogen-bond acceptors (Lipinski definition) is 2. The van der Waals surface area contributed by atoms with Crippen LogP contribution in [-0.4, -0.2) is 13.9 Å². The van der Waals surface area contributed by atoms with E-state index in [0.717, 1.165) is 19.3 Å². The Morgan fingerprint density at radius 3 is 1.89 bits per heavy atom. The van der Waals surface area contributed by atoms with Crippen molar-refractivity contribution in [1.29, 1.82) is 5.26 Å². The van der Waals surface area contributed by atoms with Gasteiger partial charge in [0, 0.05) is 5.41 Å². The molecule has 1 saturated carbocycles. The minimum atomic E-state index is -1.67. The number of halogens is 2. The van der Waals surface area contributed by atoms with Crippen LogP contribution in [0.25, 0.3) is 0 Å². The number of rotatable bonds is 2. The van der Waals surface area contributed by atoms with Crippen molar-refractivity contribution >= 4 is 8.32 Å². The molecule has 0 aromatic rings. The van der Waals surface area contributed by atoms with Crippen LogP contribution in [0.15, 0.2) is 0 Å². The molecule has 0 aromatic heterocycles. The zero-order valence-electron chi connectivity index (χ0n) is 12.9. The molecule has 0 heterocycles. The van der Waals surface area contributed by atoms with Crippen molar-refractivity contribution in [3.8, 4) is 6.07 Å². The van der Waals surface area contributed by atoms with Gasteiger partial charge >= 0.3 is 19.5 Å². The normalized spacial score (nSPS) is 25.7. The predicted molar refractivity (Wildman–Crippen MR) is 69.6 cm³/mol. The topological polar surface area (TPSA) is 33.0 Å². The van der Waals surface area contributed by atoms with Gasteiger partial charge < -0.3 is 52.4 Å². The third-order valence-electron chi connectivity index (χ3n) is 3.58. The monoisotopic (exact) mass is 557 g/mol. The molecule has 0 bridgehead atoms. The Labute approximate surface area is 166 Å². The molecule has 0 aliphatic heterocycles. The van der Waals surface area contributed by atoms with Gasteiger partial charge in [0.05, 0.1) is 6.07 Å². The Morgan fingerprint density at radius 1 is 1.00 bits per heavy atom. The zero-order chi connectivity index (χ0) is 12.4. The molecule has 108 valence electrons. The van der Waals surface area contributed by atoms with Crippen molar-refractivity contribution in [1.82, 2.24) is 0 Å². The van der Waals surface area contributed by atoms with Crippen molar-refractivity contribution in [3.05, 3.63) is 0 Å². The molecule has 0 saturated heterocycles. The average Bonchev–Trinajstić information content (AvgIpc) is 2.25. The molecule has 2 nitrogen and oxygen atoms in total.